The number of non-ortho nitro benzene ring substituents is 1. The fourth-order valence-corrected chi connectivity index (χ4v) is 4.32. The van der Waals surface area contributed by atoms with Crippen molar-refractivity contribution in [2.45, 2.75) is 37.9 Å². The first-order valence-electron chi connectivity index (χ1n) is 10.4. The van der Waals surface area contributed by atoms with Crippen molar-refractivity contribution < 1.29 is 27.6 Å². The molecule has 2 aromatic carbocycles. The minimum Gasteiger partial charge on any atom is -0.455 e. The quantitative estimate of drug-likeness (QED) is 0.235. The number of ether oxygens (including phenoxy) is 1. The van der Waals surface area contributed by atoms with Crippen molar-refractivity contribution in [1.29, 1.82) is 0 Å². The number of hydrogen-bond acceptors (Lipinski definition) is 5. The molecular formula is C22H16Cl3F3N4O4. The van der Waals surface area contributed by atoms with Gasteiger partial charge in [-0.3, -0.25) is 19.6 Å². The Morgan fingerprint density at radius 3 is 2.50 bits per heavy atom. The Bertz CT molecular complexity index is 1360. The number of carbonyl (C=O) groups is 1. The molecule has 1 heterocycles. The van der Waals surface area contributed by atoms with E-state index in [0.717, 1.165) is 16.8 Å². The van der Waals surface area contributed by atoms with E-state index < -0.39 is 39.5 Å². The molecule has 1 aliphatic carbocycles. The van der Waals surface area contributed by atoms with Crippen molar-refractivity contribution in [2.75, 3.05) is 5.32 Å². The highest BCUT2D eigenvalue weighted by Crippen LogP contribution is 2.47. The zero-order chi connectivity index (χ0) is 26.4. The molecule has 14 heteroatoms. The van der Waals surface area contributed by atoms with E-state index in [4.69, 9.17) is 39.5 Å². The van der Waals surface area contributed by atoms with Crippen molar-refractivity contribution >= 4 is 52.1 Å². The molecule has 4 rings (SSSR count). The molecule has 3 aromatic rings. The van der Waals surface area contributed by atoms with Crippen LogP contribution in [-0.2, 0) is 11.0 Å². The van der Waals surface area contributed by atoms with Crippen LogP contribution >= 0.6 is 34.8 Å². The van der Waals surface area contributed by atoms with Gasteiger partial charge in [0.25, 0.3) is 5.69 Å². The summed E-state index contributed by atoms with van der Waals surface area (Å²) in [5.41, 5.74) is -1.56. The maximum atomic E-state index is 13.4. The third kappa shape index (κ3) is 5.53. The highest BCUT2D eigenvalue weighted by Gasteiger charge is 2.43. The van der Waals surface area contributed by atoms with Gasteiger partial charge in [-0.15, -0.1) is 0 Å². The zero-order valence-electron chi connectivity index (χ0n) is 18.3. The SMILES string of the molecule is CC(C(=O)Nc1cc(Oc2ccc(Cl)cc2Cl)cc([N+](=O)[O-])c1)n1nc(C(F)(F)F)c(Cl)c1C1CC1. The maximum Gasteiger partial charge on any atom is 0.436 e. The lowest BCUT2D eigenvalue weighted by Crippen LogP contribution is -2.26. The molecule has 0 radical (unpaired) electrons. The van der Waals surface area contributed by atoms with Crippen LogP contribution in [-0.4, -0.2) is 20.6 Å². The van der Waals surface area contributed by atoms with Crippen LogP contribution in [0.1, 0.15) is 43.1 Å². The number of benzene rings is 2. The maximum absolute atomic E-state index is 13.4. The average molecular weight is 564 g/mol. The number of anilines is 1. The van der Waals surface area contributed by atoms with Gasteiger partial charge in [-0.05, 0) is 38.0 Å². The second kappa shape index (κ2) is 9.79. The van der Waals surface area contributed by atoms with Gasteiger partial charge < -0.3 is 10.1 Å². The van der Waals surface area contributed by atoms with Gasteiger partial charge in [0.1, 0.15) is 17.5 Å². The Labute approximate surface area is 217 Å². The molecule has 1 amide bonds. The molecule has 190 valence electrons. The summed E-state index contributed by atoms with van der Waals surface area (Å²) >= 11 is 17.9. The molecule has 0 spiro atoms. The highest BCUT2D eigenvalue weighted by molar-refractivity contribution is 6.35. The van der Waals surface area contributed by atoms with E-state index in [0.29, 0.717) is 17.9 Å². The molecule has 8 nitrogen and oxygen atoms in total. The lowest BCUT2D eigenvalue weighted by atomic mass is 10.2. The Morgan fingerprint density at radius 2 is 1.92 bits per heavy atom. The summed E-state index contributed by atoms with van der Waals surface area (Å²) in [6.07, 6.45) is -3.55. The van der Waals surface area contributed by atoms with Crippen molar-refractivity contribution in [1.82, 2.24) is 9.78 Å². The van der Waals surface area contributed by atoms with Gasteiger partial charge >= 0.3 is 6.18 Å². The van der Waals surface area contributed by atoms with E-state index in [1.54, 1.807) is 0 Å². The van der Waals surface area contributed by atoms with Gasteiger partial charge in [-0.25, -0.2) is 0 Å². The molecular weight excluding hydrogens is 548 g/mol. The van der Waals surface area contributed by atoms with E-state index in [1.807, 2.05) is 0 Å². The Kier molecular flexibility index (Phi) is 7.09. The van der Waals surface area contributed by atoms with Gasteiger partial charge in [-0.1, -0.05) is 34.8 Å². The van der Waals surface area contributed by atoms with Crippen molar-refractivity contribution in [2.24, 2.45) is 0 Å². The van der Waals surface area contributed by atoms with Crippen LogP contribution in [0.25, 0.3) is 0 Å². The number of rotatable bonds is 7. The number of alkyl halides is 3. The predicted molar refractivity (Wildman–Crippen MR) is 127 cm³/mol. The first kappa shape index (κ1) is 26.1. The van der Waals surface area contributed by atoms with Crippen LogP contribution in [0.15, 0.2) is 36.4 Å². The first-order chi connectivity index (χ1) is 16.8. The lowest BCUT2D eigenvalue weighted by molar-refractivity contribution is -0.384. The van der Waals surface area contributed by atoms with Gasteiger partial charge in [0.05, 0.1) is 32.4 Å². The summed E-state index contributed by atoms with van der Waals surface area (Å²) < 4.78 is 46.7. The Balaban J connectivity index is 1.63. The topological polar surface area (TPSA) is 99.3 Å². The monoisotopic (exact) mass is 562 g/mol. The molecule has 1 aliphatic rings. The lowest BCUT2D eigenvalue weighted by Gasteiger charge is -2.16. The van der Waals surface area contributed by atoms with Gasteiger partial charge in [0.15, 0.2) is 5.69 Å². The number of nitro benzene ring substituents is 1. The molecule has 0 aliphatic heterocycles. The van der Waals surface area contributed by atoms with Crippen LogP contribution in [0, 0.1) is 10.1 Å². The fraction of sp³-hybridized carbons (Fsp3) is 0.273. The van der Waals surface area contributed by atoms with Gasteiger partial charge in [0, 0.05) is 23.1 Å². The standard InChI is InChI=1S/C22H16Cl3F3N4O4/c1-10(31-19(11-2-3-11)18(25)20(30-31)22(26,27)28)21(33)29-13-7-14(32(34)35)9-15(8-13)36-17-5-4-12(23)6-16(17)24/h4-11H,2-3H2,1H3,(H,29,33). The minimum absolute atomic E-state index is 0.0171. The number of hydrogen-bond donors (Lipinski definition) is 1. The van der Waals surface area contributed by atoms with Crippen LogP contribution in [0.3, 0.4) is 0 Å². The summed E-state index contributed by atoms with van der Waals surface area (Å²) in [5, 5.41) is 17.5. The van der Waals surface area contributed by atoms with Crippen LogP contribution in [0.5, 0.6) is 11.5 Å². The number of nitrogens with zero attached hydrogens (tertiary/aromatic N) is 3. The third-order valence-electron chi connectivity index (χ3n) is 5.36. The van der Waals surface area contributed by atoms with Crippen LogP contribution in [0.4, 0.5) is 24.5 Å². The number of carbonyl (C=O) groups excluding carboxylic acids is 1. The summed E-state index contributed by atoms with van der Waals surface area (Å²) in [6, 6.07) is 6.69. The largest absolute Gasteiger partial charge is 0.455 e. The van der Waals surface area contributed by atoms with Gasteiger partial charge in [-0.2, -0.15) is 18.3 Å². The Hall–Kier alpha value is -3.02. The minimum atomic E-state index is -4.79. The molecule has 1 aromatic heterocycles. The third-order valence-corrected chi connectivity index (χ3v) is 6.26. The van der Waals surface area contributed by atoms with E-state index in [2.05, 4.69) is 10.4 Å². The van der Waals surface area contributed by atoms with E-state index in [1.165, 1.54) is 31.2 Å². The molecule has 1 fully saturated rings. The predicted octanol–water partition coefficient (Wildman–Crippen LogP) is 7.64. The smallest absolute Gasteiger partial charge is 0.436 e. The molecule has 36 heavy (non-hydrogen) atoms. The van der Waals surface area contributed by atoms with Crippen LogP contribution in [0.2, 0.25) is 15.1 Å². The summed E-state index contributed by atoms with van der Waals surface area (Å²) in [4.78, 5) is 23.7. The second-order valence-corrected chi connectivity index (χ2v) is 9.30. The number of halogens is 6. The second-order valence-electron chi connectivity index (χ2n) is 8.08. The van der Waals surface area contributed by atoms with E-state index >= 15 is 0 Å². The molecule has 0 bridgehead atoms. The number of aromatic nitrogens is 2. The Morgan fingerprint density at radius 1 is 1.22 bits per heavy atom. The van der Waals surface area contributed by atoms with Crippen molar-refractivity contribution in [3.63, 3.8) is 0 Å². The molecule has 1 atom stereocenters. The molecule has 1 unspecified atom stereocenters. The van der Waals surface area contributed by atoms with E-state index in [9.17, 15) is 28.1 Å². The first-order valence-corrected chi connectivity index (χ1v) is 11.6. The number of nitrogens with one attached hydrogen (secondary N) is 1. The molecule has 1 saturated carbocycles. The van der Waals surface area contributed by atoms with Crippen LogP contribution < -0.4 is 10.1 Å². The summed E-state index contributed by atoms with van der Waals surface area (Å²) in [6.45, 7) is 1.35. The molecule has 0 saturated heterocycles. The van der Waals surface area contributed by atoms with E-state index in [-0.39, 0.29) is 33.8 Å². The number of amides is 1. The highest BCUT2D eigenvalue weighted by atomic mass is 35.5. The van der Waals surface area contributed by atoms with Crippen molar-refractivity contribution in [3.05, 3.63) is 73.0 Å². The summed E-state index contributed by atoms with van der Waals surface area (Å²) in [7, 11) is 0. The fourth-order valence-electron chi connectivity index (χ4n) is 3.49. The van der Waals surface area contributed by atoms with Gasteiger partial charge in [0.2, 0.25) is 5.91 Å². The molecule has 1 N–H and O–H groups in total. The van der Waals surface area contributed by atoms with Crippen molar-refractivity contribution in [3.8, 4) is 11.5 Å². The summed E-state index contributed by atoms with van der Waals surface area (Å²) in [5.74, 6) is -0.859. The average Bonchev–Trinajstić information content (AvgIpc) is 3.55. The number of nitro groups is 1. The normalized spacial score (nSPS) is 14.4. The zero-order valence-corrected chi connectivity index (χ0v) is 20.5.